The van der Waals surface area contributed by atoms with E-state index < -0.39 is 0 Å². The van der Waals surface area contributed by atoms with Gasteiger partial charge in [-0.1, -0.05) is 35.3 Å². The van der Waals surface area contributed by atoms with E-state index in [1.54, 1.807) is 30.3 Å². The summed E-state index contributed by atoms with van der Waals surface area (Å²) in [5.74, 6) is 0.174. The van der Waals surface area contributed by atoms with Gasteiger partial charge in [-0.2, -0.15) is 0 Å². The summed E-state index contributed by atoms with van der Waals surface area (Å²) in [5.41, 5.74) is 1.35. The first-order valence-electron chi connectivity index (χ1n) is 8.33. The Bertz CT molecular complexity index is 1210. The van der Waals surface area contributed by atoms with E-state index in [9.17, 15) is 9.18 Å². The van der Waals surface area contributed by atoms with Crippen LogP contribution in [0.25, 0.3) is 21.3 Å². The van der Waals surface area contributed by atoms with Crippen molar-refractivity contribution in [2.45, 2.75) is 6.54 Å². The third-order valence-electron chi connectivity index (χ3n) is 4.20. The van der Waals surface area contributed by atoms with Crippen LogP contribution in [0, 0.1) is 5.82 Å². The van der Waals surface area contributed by atoms with Crippen molar-refractivity contribution in [1.82, 2.24) is 9.55 Å². The van der Waals surface area contributed by atoms with Gasteiger partial charge in [-0.25, -0.2) is 9.37 Å². The lowest BCUT2D eigenvalue weighted by Crippen LogP contribution is -2.23. The third-order valence-corrected chi connectivity index (χ3v) is 5.62. The van der Waals surface area contributed by atoms with Gasteiger partial charge in [0.15, 0.2) is 0 Å². The van der Waals surface area contributed by atoms with Crippen LogP contribution >= 0.6 is 34.5 Å². The van der Waals surface area contributed by atoms with Crippen molar-refractivity contribution in [2.24, 2.45) is 0 Å². The normalized spacial score (nSPS) is 11.1. The molecule has 0 aliphatic heterocycles. The zero-order valence-electron chi connectivity index (χ0n) is 14.4. The molecule has 0 amide bonds. The number of ether oxygens (including phenoxy) is 1. The lowest BCUT2D eigenvalue weighted by molar-refractivity contribution is 0.296. The Balaban J connectivity index is 1.60. The largest absolute Gasteiger partial charge is 0.490 e. The highest BCUT2D eigenvalue weighted by molar-refractivity contribution is 7.17. The number of rotatable bonds is 5. The van der Waals surface area contributed by atoms with E-state index in [4.69, 9.17) is 27.9 Å². The van der Waals surface area contributed by atoms with Crippen LogP contribution in [0.15, 0.2) is 59.0 Å². The van der Waals surface area contributed by atoms with Gasteiger partial charge in [0, 0.05) is 16.0 Å². The Labute approximate surface area is 173 Å². The SMILES string of the molecule is O=c1c2c(-c3ccc(F)cc3)csc2ncn1CCOc1ccc(Cl)cc1Cl. The topological polar surface area (TPSA) is 44.1 Å². The number of fused-ring (bicyclic) bond motifs is 1. The van der Waals surface area contributed by atoms with Gasteiger partial charge in [-0.3, -0.25) is 9.36 Å². The van der Waals surface area contributed by atoms with Crippen LogP contribution in [0.2, 0.25) is 10.0 Å². The number of thiophene rings is 1. The molecule has 2 aromatic heterocycles. The van der Waals surface area contributed by atoms with Crippen LogP contribution in [0.1, 0.15) is 0 Å². The number of hydrogen-bond donors (Lipinski definition) is 0. The van der Waals surface area contributed by atoms with Crippen molar-refractivity contribution in [1.29, 1.82) is 0 Å². The van der Waals surface area contributed by atoms with Crippen LogP contribution in [-0.2, 0) is 6.54 Å². The molecule has 2 aromatic carbocycles. The number of benzene rings is 2. The maximum Gasteiger partial charge on any atom is 0.262 e. The Morgan fingerprint density at radius 2 is 1.93 bits per heavy atom. The lowest BCUT2D eigenvalue weighted by atomic mass is 10.1. The van der Waals surface area contributed by atoms with E-state index in [-0.39, 0.29) is 18.0 Å². The molecule has 2 heterocycles. The highest BCUT2D eigenvalue weighted by Crippen LogP contribution is 2.31. The summed E-state index contributed by atoms with van der Waals surface area (Å²) in [4.78, 5) is 18.0. The lowest BCUT2D eigenvalue weighted by Gasteiger charge is -2.10. The number of hydrogen-bond acceptors (Lipinski definition) is 4. The zero-order chi connectivity index (χ0) is 19.7. The van der Waals surface area contributed by atoms with Crippen LogP contribution in [0.4, 0.5) is 4.39 Å². The second-order valence-corrected chi connectivity index (χ2v) is 7.70. The standard InChI is InChI=1S/C20H13Cl2FN2O2S/c21-13-3-6-17(16(22)9-13)27-8-7-25-11-24-19-18(20(25)26)15(10-28-19)12-1-4-14(23)5-2-12/h1-6,9-11H,7-8H2. The minimum atomic E-state index is -0.322. The quantitative estimate of drug-likeness (QED) is 0.407. The molecule has 0 atom stereocenters. The molecule has 0 saturated carbocycles. The molecule has 0 spiro atoms. The van der Waals surface area contributed by atoms with E-state index in [0.717, 1.165) is 11.1 Å². The minimum Gasteiger partial charge on any atom is -0.490 e. The summed E-state index contributed by atoms with van der Waals surface area (Å²) in [6, 6.07) is 11.0. The van der Waals surface area contributed by atoms with Gasteiger partial charge in [0.1, 0.15) is 23.0 Å². The smallest absolute Gasteiger partial charge is 0.262 e. The van der Waals surface area contributed by atoms with Crippen molar-refractivity contribution in [3.8, 4) is 16.9 Å². The van der Waals surface area contributed by atoms with Gasteiger partial charge in [0.2, 0.25) is 0 Å². The second-order valence-electron chi connectivity index (χ2n) is 6.00. The molecule has 0 N–H and O–H groups in total. The molecule has 4 aromatic rings. The molecule has 0 bridgehead atoms. The summed E-state index contributed by atoms with van der Waals surface area (Å²) in [6.45, 7) is 0.546. The highest BCUT2D eigenvalue weighted by atomic mass is 35.5. The van der Waals surface area contributed by atoms with Crippen molar-refractivity contribution in [3.63, 3.8) is 0 Å². The molecule has 4 rings (SSSR count). The molecule has 28 heavy (non-hydrogen) atoms. The first-order valence-corrected chi connectivity index (χ1v) is 9.97. The minimum absolute atomic E-state index is 0.170. The predicted octanol–water partition coefficient (Wildman–Crippen LogP) is 5.65. The van der Waals surface area contributed by atoms with Crippen LogP contribution in [0.3, 0.4) is 0 Å². The first kappa shape index (κ1) is 18.9. The fourth-order valence-corrected chi connectivity index (χ4v) is 4.18. The summed E-state index contributed by atoms with van der Waals surface area (Å²) < 4.78 is 20.4. The molecule has 0 fully saturated rings. The number of halogens is 3. The van der Waals surface area contributed by atoms with Gasteiger partial charge < -0.3 is 4.74 Å². The number of aromatic nitrogens is 2. The van der Waals surface area contributed by atoms with E-state index >= 15 is 0 Å². The van der Waals surface area contributed by atoms with Gasteiger partial charge in [0.25, 0.3) is 5.56 Å². The molecule has 0 aliphatic rings. The van der Waals surface area contributed by atoms with E-state index in [0.29, 0.717) is 32.6 Å². The molecular formula is C20H13Cl2FN2O2S. The van der Waals surface area contributed by atoms with Gasteiger partial charge in [-0.05, 0) is 35.9 Å². The Morgan fingerprint density at radius 1 is 1.14 bits per heavy atom. The summed E-state index contributed by atoms with van der Waals surface area (Å²) >= 11 is 13.3. The monoisotopic (exact) mass is 434 g/mol. The molecule has 4 nitrogen and oxygen atoms in total. The van der Waals surface area contributed by atoms with E-state index in [1.807, 2.05) is 5.38 Å². The summed E-state index contributed by atoms with van der Waals surface area (Å²) in [5, 5.41) is 3.31. The molecule has 142 valence electrons. The zero-order valence-corrected chi connectivity index (χ0v) is 16.7. The maximum absolute atomic E-state index is 13.2. The first-order chi connectivity index (χ1) is 13.5. The fraction of sp³-hybridized carbons (Fsp3) is 0.100. The van der Waals surface area contributed by atoms with Gasteiger partial charge >= 0.3 is 0 Å². The average Bonchev–Trinajstić information content (AvgIpc) is 3.11. The Hall–Kier alpha value is -2.41. The molecular weight excluding hydrogens is 422 g/mol. The molecule has 0 aliphatic carbocycles. The van der Waals surface area contributed by atoms with Crippen molar-refractivity contribution in [3.05, 3.63) is 80.4 Å². The highest BCUT2D eigenvalue weighted by Gasteiger charge is 2.13. The Morgan fingerprint density at radius 3 is 2.68 bits per heavy atom. The molecule has 0 saturated heterocycles. The Kier molecular flexibility index (Phi) is 5.35. The van der Waals surface area contributed by atoms with Crippen LogP contribution in [-0.4, -0.2) is 16.2 Å². The average molecular weight is 435 g/mol. The van der Waals surface area contributed by atoms with Crippen molar-refractivity contribution < 1.29 is 9.13 Å². The third kappa shape index (κ3) is 3.76. The molecule has 8 heteroatoms. The summed E-state index contributed by atoms with van der Waals surface area (Å²) in [7, 11) is 0. The fourth-order valence-electron chi connectivity index (χ4n) is 2.81. The predicted molar refractivity (Wildman–Crippen MR) is 111 cm³/mol. The van der Waals surface area contributed by atoms with E-state index in [1.165, 1.54) is 34.4 Å². The van der Waals surface area contributed by atoms with E-state index in [2.05, 4.69) is 4.98 Å². The van der Waals surface area contributed by atoms with Gasteiger partial charge in [0.05, 0.1) is 23.3 Å². The van der Waals surface area contributed by atoms with Crippen molar-refractivity contribution in [2.75, 3.05) is 6.61 Å². The number of nitrogens with zero attached hydrogens (tertiary/aromatic N) is 2. The van der Waals surface area contributed by atoms with Crippen molar-refractivity contribution >= 4 is 44.8 Å². The van der Waals surface area contributed by atoms with Crippen LogP contribution in [0.5, 0.6) is 5.75 Å². The summed E-state index contributed by atoms with van der Waals surface area (Å²) in [6.07, 6.45) is 1.50. The van der Waals surface area contributed by atoms with Crippen LogP contribution < -0.4 is 10.3 Å². The molecule has 0 unspecified atom stereocenters. The maximum atomic E-state index is 13.2. The molecule has 0 radical (unpaired) electrons. The second kappa shape index (κ2) is 7.91. The van der Waals surface area contributed by atoms with Gasteiger partial charge in [-0.15, -0.1) is 11.3 Å².